The Hall–Kier alpha value is -1.92. The van der Waals surface area contributed by atoms with Gasteiger partial charge >= 0.3 is 5.97 Å². The van der Waals surface area contributed by atoms with Gasteiger partial charge in [-0.25, -0.2) is 0 Å². The summed E-state index contributed by atoms with van der Waals surface area (Å²) in [6.45, 7) is 2.11. The fraction of sp³-hybridized carbons (Fsp3) is 0.600. The molecule has 26 heavy (non-hydrogen) atoms. The number of aryl methyl sites for hydroxylation is 2. The molecule has 1 aliphatic carbocycles. The molecule has 3 rings (SSSR count). The SMILES string of the molecule is CN(CC(=O)O)CC1CN(C(=O)Cc2ccc3c(c2)CCCC3)CCO1. The second-order valence-corrected chi connectivity index (χ2v) is 7.41. The molecule has 1 N–H and O–H groups in total. The lowest BCUT2D eigenvalue weighted by Crippen LogP contribution is -2.50. The highest BCUT2D eigenvalue weighted by Gasteiger charge is 2.25. The molecule has 1 aromatic carbocycles. The zero-order valence-corrected chi connectivity index (χ0v) is 15.4. The number of morpholine rings is 1. The number of fused-ring (bicyclic) bond motifs is 1. The van der Waals surface area contributed by atoms with Crippen molar-refractivity contribution in [2.45, 2.75) is 38.2 Å². The first-order valence-electron chi connectivity index (χ1n) is 9.41. The minimum Gasteiger partial charge on any atom is -0.480 e. The number of carboxylic acid groups (broad SMARTS) is 1. The van der Waals surface area contributed by atoms with Gasteiger partial charge in [-0.05, 0) is 49.4 Å². The van der Waals surface area contributed by atoms with E-state index in [1.54, 1.807) is 11.9 Å². The fourth-order valence-corrected chi connectivity index (χ4v) is 3.88. The van der Waals surface area contributed by atoms with Crippen LogP contribution >= 0.6 is 0 Å². The highest BCUT2D eigenvalue weighted by atomic mass is 16.5. The van der Waals surface area contributed by atoms with E-state index in [0.29, 0.717) is 32.7 Å². The van der Waals surface area contributed by atoms with Gasteiger partial charge in [-0.2, -0.15) is 0 Å². The predicted octanol–water partition coefficient (Wildman–Crippen LogP) is 1.35. The molecule has 142 valence electrons. The summed E-state index contributed by atoms with van der Waals surface area (Å²) in [7, 11) is 1.76. The van der Waals surface area contributed by atoms with Gasteiger partial charge in [0.15, 0.2) is 0 Å². The Kier molecular flexibility index (Phi) is 6.27. The minimum absolute atomic E-state index is 0.0249. The largest absolute Gasteiger partial charge is 0.480 e. The highest BCUT2D eigenvalue weighted by Crippen LogP contribution is 2.22. The van der Waals surface area contributed by atoms with Crippen LogP contribution in [0, 0.1) is 0 Å². The zero-order chi connectivity index (χ0) is 18.5. The number of aliphatic carboxylic acids is 1. The van der Waals surface area contributed by atoms with Crippen LogP contribution in [0.15, 0.2) is 18.2 Å². The van der Waals surface area contributed by atoms with Gasteiger partial charge in [-0.15, -0.1) is 0 Å². The standard InChI is InChI=1S/C20H28N2O4/c1-21(14-20(24)25)12-18-13-22(8-9-26-18)19(23)11-15-6-7-16-4-2-3-5-17(16)10-15/h6-7,10,18H,2-5,8-9,11-14H2,1H3,(H,24,25). The second-order valence-electron chi connectivity index (χ2n) is 7.41. The van der Waals surface area contributed by atoms with Crippen LogP contribution in [-0.2, 0) is 33.6 Å². The van der Waals surface area contributed by atoms with Crippen LogP contribution in [0.3, 0.4) is 0 Å². The van der Waals surface area contributed by atoms with Gasteiger partial charge in [0.25, 0.3) is 0 Å². The Morgan fingerprint density at radius 1 is 1.27 bits per heavy atom. The van der Waals surface area contributed by atoms with E-state index in [1.165, 1.54) is 24.0 Å². The zero-order valence-electron chi connectivity index (χ0n) is 15.4. The molecule has 2 aliphatic rings. The van der Waals surface area contributed by atoms with E-state index in [9.17, 15) is 9.59 Å². The lowest BCUT2D eigenvalue weighted by Gasteiger charge is -2.34. The van der Waals surface area contributed by atoms with Crippen molar-refractivity contribution in [2.75, 3.05) is 39.8 Å². The molecule has 6 nitrogen and oxygen atoms in total. The molecule has 1 amide bonds. The molecular weight excluding hydrogens is 332 g/mol. The molecule has 1 atom stereocenters. The van der Waals surface area contributed by atoms with Crippen molar-refractivity contribution < 1.29 is 19.4 Å². The smallest absolute Gasteiger partial charge is 0.317 e. The van der Waals surface area contributed by atoms with Crippen molar-refractivity contribution in [2.24, 2.45) is 0 Å². The summed E-state index contributed by atoms with van der Waals surface area (Å²) < 4.78 is 5.71. The number of carbonyl (C=O) groups is 2. The summed E-state index contributed by atoms with van der Waals surface area (Å²) in [5.74, 6) is -0.737. The van der Waals surface area contributed by atoms with Crippen LogP contribution in [0.5, 0.6) is 0 Å². The molecule has 1 fully saturated rings. The summed E-state index contributed by atoms with van der Waals surface area (Å²) in [4.78, 5) is 27.1. The molecule has 1 heterocycles. The molecule has 6 heteroatoms. The number of carbonyl (C=O) groups excluding carboxylic acids is 1. The molecule has 1 aliphatic heterocycles. The van der Waals surface area contributed by atoms with E-state index >= 15 is 0 Å². The molecule has 0 radical (unpaired) electrons. The molecule has 0 bridgehead atoms. The van der Waals surface area contributed by atoms with Gasteiger partial charge < -0.3 is 14.7 Å². The number of rotatable bonds is 6. The fourth-order valence-electron chi connectivity index (χ4n) is 3.88. The third-order valence-electron chi connectivity index (χ3n) is 5.18. The lowest BCUT2D eigenvalue weighted by atomic mass is 9.90. The average molecular weight is 360 g/mol. The van der Waals surface area contributed by atoms with Gasteiger partial charge in [0, 0.05) is 19.6 Å². The molecule has 1 aromatic rings. The van der Waals surface area contributed by atoms with Crippen molar-refractivity contribution in [3.8, 4) is 0 Å². The summed E-state index contributed by atoms with van der Waals surface area (Å²) in [6.07, 6.45) is 5.05. The van der Waals surface area contributed by atoms with Crippen LogP contribution in [0.25, 0.3) is 0 Å². The van der Waals surface area contributed by atoms with Gasteiger partial charge in [0.2, 0.25) is 5.91 Å². The van der Waals surface area contributed by atoms with Gasteiger partial charge in [0.05, 0.1) is 25.7 Å². The number of nitrogens with zero attached hydrogens (tertiary/aromatic N) is 2. The third-order valence-corrected chi connectivity index (χ3v) is 5.18. The summed E-state index contributed by atoms with van der Waals surface area (Å²) in [5, 5.41) is 8.85. The van der Waals surface area contributed by atoms with Gasteiger partial charge in [-0.1, -0.05) is 18.2 Å². The molecule has 0 spiro atoms. The van der Waals surface area contributed by atoms with Crippen molar-refractivity contribution >= 4 is 11.9 Å². The number of ether oxygens (including phenoxy) is 1. The maximum Gasteiger partial charge on any atom is 0.317 e. The van der Waals surface area contributed by atoms with Gasteiger partial charge in [0.1, 0.15) is 0 Å². The Balaban J connectivity index is 1.55. The van der Waals surface area contributed by atoms with Crippen LogP contribution in [0.1, 0.15) is 29.5 Å². The number of hydrogen-bond acceptors (Lipinski definition) is 4. The van der Waals surface area contributed by atoms with Crippen molar-refractivity contribution in [3.63, 3.8) is 0 Å². The maximum absolute atomic E-state index is 12.7. The number of hydrogen-bond donors (Lipinski definition) is 1. The van der Waals surface area contributed by atoms with Crippen LogP contribution in [0.2, 0.25) is 0 Å². The normalized spacial score (nSPS) is 20.1. The summed E-state index contributed by atoms with van der Waals surface area (Å²) in [6, 6.07) is 6.46. The first-order chi connectivity index (χ1) is 12.5. The number of amides is 1. The van der Waals surface area contributed by atoms with Crippen molar-refractivity contribution in [3.05, 3.63) is 34.9 Å². The van der Waals surface area contributed by atoms with Crippen molar-refractivity contribution in [1.82, 2.24) is 9.80 Å². The molecule has 1 saturated heterocycles. The lowest BCUT2D eigenvalue weighted by molar-refractivity contribution is -0.142. The van der Waals surface area contributed by atoms with Crippen molar-refractivity contribution in [1.29, 1.82) is 0 Å². The summed E-state index contributed by atoms with van der Waals surface area (Å²) in [5.41, 5.74) is 3.92. The van der Waals surface area contributed by atoms with Gasteiger partial charge in [-0.3, -0.25) is 14.5 Å². The predicted molar refractivity (Wildman–Crippen MR) is 98.2 cm³/mol. The topological polar surface area (TPSA) is 70.1 Å². The maximum atomic E-state index is 12.7. The van der Waals surface area contributed by atoms with Crippen LogP contribution < -0.4 is 0 Å². The Bertz CT molecular complexity index is 661. The van der Waals surface area contributed by atoms with E-state index in [0.717, 1.165) is 18.4 Å². The van der Waals surface area contributed by atoms with E-state index in [-0.39, 0.29) is 18.6 Å². The third kappa shape index (κ3) is 5.05. The molecule has 0 aromatic heterocycles. The van der Waals surface area contributed by atoms with Crippen LogP contribution in [-0.4, -0.2) is 72.7 Å². The minimum atomic E-state index is -0.858. The first-order valence-corrected chi connectivity index (χ1v) is 9.41. The van der Waals surface area contributed by atoms with E-state index in [2.05, 4.69) is 18.2 Å². The number of benzene rings is 1. The van der Waals surface area contributed by atoms with E-state index < -0.39 is 5.97 Å². The molecule has 0 saturated carbocycles. The number of carboxylic acids is 1. The van der Waals surface area contributed by atoms with E-state index in [4.69, 9.17) is 9.84 Å². The summed E-state index contributed by atoms with van der Waals surface area (Å²) >= 11 is 0. The number of likely N-dealkylation sites (N-methyl/N-ethyl adjacent to an activating group) is 1. The Morgan fingerprint density at radius 3 is 2.81 bits per heavy atom. The van der Waals surface area contributed by atoms with Crippen LogP contribution in [0.4, 0.5) is 0 Å². The average Bonchev–Trinajstić information content (AvgIpc) is 2.61. The monoisotopic (exact) mass is 360 g/mol. The van der Waals surface area contributed by atoms with E-state index in [1.807, 2.05) is 4.90 Å². The highest BCUT2D eigenvalue weighted by molar-refractivity contribution is 5.79. The first kappa shape index (κ1) is 18.9. The molecule has 1 unspecified atom stereocenters. The Morgan fingerprint density at radius 2 is 2.04 bits per heavy atom. The second kappa shape index (κ2) is 8.64. The molecular formula is C20H28N2O4. The quantitative estimate of drug-likeness (QED) is 0.829. The Labute approximate surface area is 154 Å².